The number of hydrogen-bond donors (Lipinski definition) is 2. The van der Waals surface area contributed by atoms with E-state index in [9.17, 15) is 9.59 Å². The van der Waals surface area contributed by atoms with Crippen molar-refractivity contribution in [1.82, 2.24) is 10.2 Å². The number of carbonyl (C=O) groups excluding carboxylic acids is 2. The molecule has 1 heterocycles. The van der Waals surface area contributed by atoms with E-state index in [4.69, 9.17) is 0 Å². The van der Waals surface area contributed by atoms with Crippen molar-refractivity contribution in [3.63, 3.8) is 0 Å². The van der Waals surface area contributed by atoms with Gasteiger partial charge in [0.25, 0.3) is 5.91 Å². The number of piperidine rings is 1. The van der Waals surface area contributed by atoms with Gasteiger partial charge in [-0.3, -0.25) is 9.59 Å². The fourth-order valence-corrected chi connectivity index (χ4v) is 2.46. The predicted octanol–water partition coefficient (Wildman–Crippen LogP) is 1.72. The molecule has 114 valence electrons. The second-order valence-corrected chi connectivity index (χ2v) is 5.58. The van der Waals surface area contributed by atoms with Crippen LogP contribution >= 0.6 is 0 Å². The molecule has 0 aliphatic carbocycles. The minimum absolute atomic E-state index is 0.118. The Hall–Kier alpha value is -2.04. The number of hydrogen-bond acceptors (Lipinski definition) is 3. The fourth-order valence-electron chi connectivity index (χ4n) is 2.46. The van der Waals surface area contributed by atoms with Crippen molar-refractivity contribution in [2.75, 3.05) is 32.0 Å². The maximum Gasteiger partial charge on any atom is 0.251 e. The van der Waals surface area contributed by atoms with Gasteiger partial charge in [-0.15, -0.1) is 0 Å². The minimum atomic E-state index is -0.130. The van der Waals surface area contributed by atoms with Crippen molar-refractivity contribution in [3.05, 3.63) is 29.8 Å². The van der Waals surface area contributed by atoms with Crippen molar-refractivity contribution in [3.8, 4) is 0 Å². The molecule has 1 saturated heterocycles. The van der Waals surface area contributed by atoms with Crippen LogP contribution in [0, 0.1) is 5.92 Å². The van der Waals surface area contributed by atoms with Crippen molar-refractivity contribution >= 4 is 17.5 Å². The largest absolute Gasteiger partial charge is 0.376 e. The Labute approximate surface area is 125 Å². The van der Waals surface area contributed by atoms with E-state index in [2.05, 4.69) is 17.6 Å². The number of benzene rings is 1. The molecule has 0 unspecified atom stereocenters. The van der Waals surface area contributed by atoms with Gasteiger partial charge < -0.3 is 15.5 Å². The first-order valence-corrected chi connectivity index (χ1v) is 7.44. The maximum absolute atomic E-state index is 12.1. The SMILES string of the molecule is CNC(=O)c1cccc(NCC(=O)N2CCC(C)CC2)c1. The van der Waals surface area contributed by atoms with Crippen LogP contribution in [-0.2, 0) is 4.79 Å². The van der Waals surface area contributed by atoms with E-state index < -0.39 is 0 Å². The van der Waals surface area contributed by atoms with Gasteiger partial charge in [-0.2, -0.15) is 0 Å². The van der Waals surface area contributed by atoms with E-state index in [0.29, 0.717) is 11.5 Å². The summed E-state index contributed by atoms with van der Waals surface area (Å²) in [4.78, 5) is 25.6. The highest BCUT2D eigenvalue weighted by Crippen LogP contribution is 2.16. The predicted molar refractivity (Wildman–Crippen MR) is 83.3 cm³/mol. The topological polar surface area (TPSA) is 61.4 Å². The molecule has 0 spiro atoms. The zero-order chi connectivity index (χ0) is 15.2. The van der Waals surface area contributed by atoms with Crippen LogP contribution in [0.2, 0.25) is 0 Å². The number of likely N-dealkylation sites (tertiary alicyclic amines) is 1. The van der Waals surface area contributed by atoms with Crippen LogP contribution < -0.4 is 10.6 Å². The third kappa shape index (κ3) is 4.21. The molecule has 1 aliphatic heterocycles. The fraction of sp³-hybridized carbons (Fsp3) is 0.500. The normalized spacial score (nSPS) is 15.6. The summed E-state index contributed by atoms with van der Waals surface area (Å²) in [6, 6.07) is 7.17. The number of carbonyl (C=O) groups is 2. The molecule has 5 nitrogen and oxygen atoms in total. The molecule has 2 N–H and O–H groups in total. The highest BCUT2D eigenvalue weighted by molar-refractivity contribution is 5.95. The Morgan fingerprint density at radius 1 is 1.29 bits per heavy atom. The molecule has 0 atom stereocenters. The molecule has 1 fully saturated rings. The average Bonchev–Trinajstić information content (AvgIpc) is 2.52. The Morgan fingerprint density at radius 3 is 2.67 bits per heavy atom. The summed E-state index contributed by atoms with van der Waals surface area (Å²) in [6.07, 6.45) is 2.16. The second-order valence-electron chi connectivity index (χ2n) is 5.58. The number of anilines is 1. The zero-order valence-electron chi connectivity index (χ0n) is 12.7. The van der Waals surface area contributed by atoms with Gasteiger partial charge in [0.2, 0.25) is 5.91 Å². The summed E-state index contributed by atoms with van der Waals surface area (Å²) in [7, 11) is 1.60. The summed E-state index contributed by atoms with van der Waals surface area (Å²) in [6.45, 7) is 4.19. The van der Waals surface area contributed by atoms with E-state index in [-0.39, 0.29) is 18.4 Å². The second kappa shape index (κ2) is 7.11. The van der Waals surface area contributed by atoms with Gasteiger partial charge in [0, 0.05) is 31.4 Å². The molecule has 0 saturated carbocycles. The number of rotatable bonds is 4. The Kier molecular flexibility index (Phi) is 5.20. The van der Waals surface area contributed by atoms with Crippen LogP contribution in [0.1, 0.15) is 30.1 Å². The highest BCUT2D eigenvalue weighted by atomic mass is 16.2. The lowest BCUT2D eigenvalue weighted by Gasteiger charge is -2.30. The van der Waals surface area contributed by atoms with Crippen LogP contribution in [-0.4, -0.2) is 43.4 Å². The summed E-state index contributed by atoms with van der Waals surface area (Å²) < 4.78 is 0. The summed E-state index contributed by atoms with van der Waals surface area (Å²) in [5.74, 6) is 0.702. The first-order chi connectivity index (χ1) is 10.1. The molecule has 1 aliphatic rings. The highest BCUT2D eigenvalue weighted by Gasteiger charge is 2.19. The van der Waals surface area contributed by atoms with Crippen LogP contribution in [0.4, 0.5) is 5.69 Å². The molecule has 2 rings (SSSR count). The third-order valence-electron chi connectivity index (χ3n) is 3.93. The lowest BCUT2D eigenvalue weighted by molar-refractivity contribution is -0.130. The van der Waals surface area contributed by atoms with Crippen molar-refractivity contribution in [2.45, 2.75) is 19.8 Å². The monoisotopic (exact) mass is 289 g/mol. The molecule has 5 heteroatoms. The minimum Gasteiger partial charge on any atom is -0.376 e. The smallest absolute Gasteiger partial charge is 0.251 e. The van der Waals surface area contributed by atoms with Crippen LogP contribution in [0.3, 0.4) is 0 Å². The zero-order valence-corrected chi connectivity index (χ0v) is 12.7. The summed E-state index contributed by atoms with van der Waals surface area (Å²) >= 11 is 0. The molecule has 2 amide bonds. The van der Waals surface area contributed by atoms with Crippen LogP contribution in [0.5, 0.6) is 0 Å². The van der Waals surface area contributed by atoms with E-state index in [1.165, 1.54) is 0 Å². The summed E-state index contributed by atoms with van der Waals surface area (Å²) in [5, 5.41) is 5.69. The Balaban J connectivity index is 1.88. The van der Waals surface area contributed by atoms with E-state index in [1.54, 1.807) is 25.2 Å². The number of nitrogens with one attached hydrogen (secondary N) is 2. The average molecular weight is 289 g/mol. The van der Waals surface area contributed by atoms with Crippen molar-refractivity contribution in [1.29, 1.82) is 0 Å². The van der Waals surface area contributed by atoms with Gasteiger partial charge in [0.15, 0.2) is 0 Å². The Bertz CT molecular complexity index is 508. The molecular weight excluding hydrogens is 266 g/mol. The molecular formula is C16H23N3O2. The number of nitrogens with zero attached hydrogens (tertiary/aromatic N) is 1. The van der Waals surface area contributed by atoms with Crippen LogP contribution in [0.25, 0.3) is 0 Å². The lowest BCUT2D eigenvalue weighted by atomic mass is 9.99. The van der Waals surface area contributed by atoms with Crippen molar-refractivity contribution in [2.24, 2.45) is 5.92 Å². The first kappa shape index (κ1) is 15.4. The first-order valence-electron chi connectivity index (χ1n) is 7.44. The molecule has 21 heavy (non-hydrogen) atoms. The Morgan fingerprint density at radius 2 is 2.00 bits per heavy atom. The van der Waals surface area contributed by atoms with Gasteiger partial charge in [0.1, 0.15) is 0 Å². The van der Waals surface area contributed by atoms with Crippen LogP contribution in [0.15, 0.2) is 24.3 Å². The van der Waals surface area contributed by atoms with Gasteiger partial charge in [-0.25, -0.2) is 0 Å². The maximum atomic E-state index is 12.1. The van der Waals surface area contributed by atoms with Gasteiger partial charge >= 0.3 is 0 Å². The quantitative estimate of drug-likeness (QED) is 0.887. The van der Waals surface area contributed by atoms with Gasteiger partial charge in [-0.05, 0) is 37.0 Å². The van der Waals surface area contributed by atoms with Gasteiger partial charge in [-0.1, -0.05) is 13.0 Å². The lowest BCUT2D eigenvalue weighted by Crippen LogP contribution is -2.40. The third-order valence-corrected chi connectivity index (χ3v) is 3.93. The molecule has 0 bridgehead atoms. The van der Waals surface area contributed by atoms with E-state index in [1.807, 2.05) is 11.0 Å². The molecule has 0 radical (unpaired) electrons. The van der Waals surface area contributed by atoms with Crippen molar-refractivity contribution < 1.29 is 9.59 Å². The van der Waals surface area contributed by atoms with E-state index in [0.717, 1.165) is 31.6 Å². The van der Waals surface area contributed by atoms with E-state index >= 15 is 0 Å². The molecule has 0 aromatic heterocycles. The standard InChI is InChI=1S/C16H23N3O2/c1-12-6-8-19(9-7-12)15(20)11-18-14-5-3-4-13(10-14)16(21)17-2/h3-5,10,12,18H,6-9,11H2,1-2H3,(H,17,21). The van der Waals surface area contributed by atoms with Gasteiger partial charge in [0.05, 0.1) is 6.54 Å². The molecule has 1 aromatic carbocycles. The molecule has 1 aromatic rings. The number of amides is 2. The summed E-state index contributed by atoms with van der Waals surface area (Å²) in [5.41, 5.74) is 1.37.